The van der Waals surface area contributed by atoms with Crippen molar-refractivity contribution in [3.05, 3.63) is 99.8 Å². The second kappa shape index (κ2) is 7.40. The number of anilines is 1. The topological polar surface area (TPSA) is 46.2 Å². The number of halogens is 2. The second-order valence-corrected chi connectivity index (χ2v) is 6.23. The zero-order valence-electron chi connectivity index (χ0n) is 13.0. The van der Waals surface area contributed by atoms with Crippen LogP contribution in [0.3, 0.4) is 0 Å². The Hall–Kier alpha value is -2.79. The van der Waals surface area contributed by atoms with Gasteiger partial charge < -0.3 is 5.32 Å². The molecule has 3 nitrogen and oxygen atoms in total. The van der Waals surface area contributed by atoms with Gasteiger partial charge in [-0.05, 0) is 24.3 Å². The van der Waals surface area contributed by atoms with Crippen molar-refractivity contribution in [3.63, 3.8) is 0 Å². The van der Waals surface area contributed by atoms with Gasteiger partial charge in [0.1, 0.15) is 5.82 Å². The molecule has 3 rings (SSSR count). The molecule has 0 saturated carbocycles. The van der Waals surface area contributed by atoms with Crippen molar-refractivity contribution in [2.24, 2.45) is 0 Å². The predicted octanol–water partition coefficient (Wildman–Crippen LogP) is 5.07. The molecule has 0 heterocycles. The van der Waals surface area contributed by atoms with Crippen molar-refractivity contribution in [2.45, 2.75) is 0 Å². The monoisotopic (exact) mass is 397 g/mol. The second-order valence-electron chi connectivity index (χ2n) is 5.32. The van der Waals surface area contributed by atoms with Gasteiger partial charge in [-0.15, -0.1) is 0 Å². The zero-order valence-corrected chi connectivity index (χ0v) is 14.6. The normalized spacial score (nSPS) is 10.3. The molecule has 3 aromatic rings. The number of hydrogen-bond donors (Lipinski definition) is 1. The van der Waals surface area contributed by atoms with Gasteiger partial charge in [-0.1, -0.05) is 64.5 Å². The number of rotatable bonds is 4. The number of benzene rings is 3. The molecule has 3 aromatic carbocycles. The van der Waals surface area contributed by atoms with Crippen molar-refractivity contribution in [1.29, 1.82) is 0 Å². The summed E-state index contributed by atoms with van der Waals surface area (Å²) < 4.78 is 14.5. The van der Waals surface area contributed by atoms with E-state index in [-0.39, 0.29) is 22.6 Å². The summed E-state index contributed by atoms with van der Waals surface area (Å²) in [4.78, 5) is 25.2. The summed E-state index contributed by atoms with van der Waals surface area (Å²) in [6, 6.07) is 19.5. The van der Waals surface area contributed by atoms with E-state index in [1.165, 1.54) is 12.1 Å². The Morgan fingerprint density at radius 3 is 2.16 bits per heavy atom. The minimum Gasteiger partial charge on any atom is -0.319 e. The summed E-state index contributed by atoms with van der Waals surface area (Å²) >= 11 is 3.17. The van der Waals surface area contributed by atoms with E-state index in [0.29, 0.717) is 10.0 Å². The highest BCUT2D eigenvalue weighted by Gasteiger charge is 2.18. The van der Waals surface area contributed by atoms with Gasteiger partial charge in [-0.3, -0.25) is 9.59 Å². The molecule has 1 N–H and O–H groups in total. The SMILES string of the molecule is O=C(Nc1ccc(Br)cc1F)c1ccccc1C(=O)c1ccccc1. The maximum Gasteiger partial charge on any atom is 0.256 e. The average Bonchev–Trinajstić information content (AvgIpc) is 2.64. The summed E-state index contributed by atoms with van der Waals surface area (Å²) in [6.07, 6.45) is 0. The molecular formula is C20H13BrFNO2. The van der Waals surface area contributed by atoms with Crippen LogP contribution in [0.25, 0.3) is 0 Å². The fraction of sp³-hybridized carbons (Fsp3) is 0. The molecule has 0 atom stereocenters. The van der Waals surface area contributed by atoms with E-state index >= 15 is 0 Å². The molecule has 0 aliphatic rings. The number of nitrogens with one attached hydrogen (secondary N) is 1. The van der Waals surface area contributed by atoms with Crippen LogP contribution in [0.15, 0.2) is 77.3 Å². The molecule has 0 unspecified atom stereocenters. The fourth-order valence-corrected chi connectivity index (χ4v) is 2.74. The van der Waals surface area contributed by atoms with Gasteiger partial charge in [0.15, 0.2) is 5.78 Å². The number of carbonyl (C=O) groups excluding carboxylic acids is 2. The lowest BCUT2D eigenvalue weighted by Gasteiger charge is -2.10. The average molecular weight is 398 g/mol. The van der Waals surface area contributed by atoms with Gasteiger partial charge in [0.05, 0.1) is 11.3 Å². The number of carbonyl (C=O) groups is 2. The Labute approximate surface area is 152 Å². The lowest BCUT2D eigenvalue weighted by Crippen LogP contribution is -2.17. The minimum atomic E-state index is -0.561. The number of amides is 1. The summed E-state index contributed by atoms with van der Waals surface area (Å²) in [7, 11) is 0. The maximum atomic E-state index is 13.9. The van der Waals surface area contributed by atoms with E-state index in [0.717, 1.165) is 0 Å². The van der Waals surface area contributed by atoms with E-state index in [9.17, 15) is 14.0 Å². The van der Waals surface area contributed by atoms with Crippen LogP contribution in [0.5, 0.6) is 0 Å². The van der Waals surface area contributed by atoms with Crippen molar-refractivity contribution in [3.8, 4) is 0 Å². The van der Waals surface area contributed by atoms with Crippen LogP contribution in [0.1, 0.15) is 26.3 Å². The molecule has 0 aromatic heterocycles. The molecule has 0 bridgehead atoms. The van der Waals surface area contributed by atoms with Crippen LogP contribution in [0.4, 0.5) is 10.1 Å². The minimum absolute atomic E-state index is 0.0511. The number of ketones is 1. The van der Waals surface area contributed by atoms with Gasteiger partial charge in [0.25, 0.3) is 5.91 Å². The van der Waals surface area contributed by atoms with Gasteiger partial charge in [0.2, 0.25) is 0 Å². The molecule has 1 amide bonds. The lowest BCUT2D eigenvalue weighted by atomic mass is 9.98. The van der Waals surface area contributed by atoms with Crippen LogP contribution in [0, 0.1) is 5.82 Å². The van der Waals surface area contributed by atoms with Crippen LogP contribution in [-0.2, 0) is 0 Å². The first kappa shape index (κ1) is 17.0. The molecule has 5 heteroatoms. The quantitative estimate of drug-likeness (QED) is 0.624. The summed E-state index contributed by atoms with van der Waals surface area (Å²) in [6.45, 7) is 0. The van der Waals surface area contributed by atoms with Crippen molar-refractivity contribution in [1.82, 2.24) is 0 Å². The molecule has 0 saturated heterocycles. The van der Waals surface area contributed by atoms with E-state index in [2.05, 4.69) is 21.2 Å². The zero-order chi connectivity index (χ0) is 17.8. The maximum absolute atomic E-state index is 13.9. The summed E-state index contributed by atoms with van der Waals surface area (Å²) in [5.41, 5.74) is 0.995. The van der Waals surface area contributed by atoms with Crippen molar-refractivity contribution >= 4 is 33.3 Å². The standard InChI is InChI=1S/C20H13BrFNO2/c21-14-10-11-18(17(22)12-14)23-20(25)16-9-5-4-8-15(16)19(24)13-6-2-1-3-7-13/h1-12H,(H,23,25). The third-order valence-corrected chi connectivity index (χ3v) is 4.12. The van der Waals surface area contributed by atoms with Crippen LogP contribution in [0.2, 0.25) is 0 Å². The third-order valence-electron chi connectivity index (χ3n) is 3.63. The molecule has 0 aliphatic heterocycles. The highest BCUT2D eigenvalue weighted by molar-refractivity contribution is 9.10. The van der Waals surface area contributed by atoms with E-state index in [1.807, 2.05) is 6.07 Å². The molecule has 0 aliphatic carbocycles. The van der Waals surface area contributed by atoms with Crippen LogP contribution >= 0.6 is 15.9 Å². The summed E-state index contributed by atoms with van der Waals surface area (Å²) in [5, 5.41) is 2.51. The van der Waals surface area contributed by atoms with Crippen molar-refractivity contribution < 1.29 is 14.0 Å². The first-order chi connectivity index (χ1) is 12.1. The third kappa shape index (κ3) is 3.83. The Balaban J connectivity index is 1.92. The van der Waals surface area contributed by atoms with Gasteiger partial charge in [-0.2, -0.15) is 0 Å². The van der Waals surface area contributed by atoms with Gasteiger partial charge in [-0.25, -0.2) is 4.39 Å². The molecular weight excluding hydrogens is 385 g/mol. The number of hydrogen-bond acceptors (Lipinski definition) is 2. The molecule has 124 valence electrons. The smallest absolute Gasteiger partial charge is 0.256 e. The van der Waals surface area contributed by atoms with Gasteiger partial charge >= 0.3 is 0 Å². The highest BCUT2D eigenvalue weighted by Crippen LogP contribution is 2.21. The van der Waals surface area contributed by atoms with Crippen LogP contribution in [-0.4, -0.2) is 11.7 Å². The first-order valence-electron chi connectivity index (χ1n) is 7.51. The summed E-state index contributed by atoms with van der Waals surface area (Å²) in [5.74, 6) is -1.36. The predicted molar refractivity (Wildman–Crippen MR) is 98.4 cm³/mol. The molecule has 0 spiro atoms. The van der Waals surface area contributed by atoms with Gasteiger partial charge in [0, 0.05) is 15.6 Å². The first-order valence-corrected chi connectivity index (χ1v) is 8.31. The Morgan fingerprint density at radius 1 is 0.840 bits per heavy atom. The molecule has 25 heavy (non-hydrogen) atoms. The Morgan fingerprint density at radius 2 is 1.48 bits per heavy atom. The molecule has 0 radical (unpaired) electrons. The largest absolute Gasteiger partial charge is 0.319 e. The van der Waals surface area contributed by atoms with E-state index < -0.39 is 11.7 Å². The van der Waals surface area contributed by atoms with Crippen molar-refractivity contribution in [2.75, 3.05) is 5.32 Å². The fourth-order valence-electron chi connectivity index (χ4n) is 2.40. The van der Waals surface area contributed by atoms with E-state index in [1.54, 1.807) is 54.6 Å². The van der Waals surface area contributed by atoms with Crippen LogP contribution < -0.4 is 5.32 Å². The Bertz CT molecular complexity index is 941. The highest BCUT2D eigenvalue weighted by atomic mass is 79.9. The lowest BCUT2D eigenvalue weighted by molar-refractivity contribution is 0.0996. The van der Waals surface area contributed by atoms with E-state index in [4.69, 9.17) is 0 Å². The Kier molecular flexibility index (Phi) is 5.05. The molecule has 0 fully saturated rings.